The van der Waals surface area contributed by atoms with E-state index in [4.69, 9.17) is 9.63 Å². The Morgan fingerprint density at radius 2 is 2.05 bits per heavy atom. The van der Waals surface area contributed by atoms with Gasteiger partial charge in [-0.05, 0) is 11.6 Å². The molecule has 1 heterocycles. The Morgan fingerprint density at radius 3 is 2.63 bits per heavy atom. The number of rotatable bonds is 3. The number of halogens is 3. The topological polar surface area (TPSA) is 63.3 Å². The SMILES string of the molecule is O=C(O)c1cc(-c2cccc(CC(F)(F)F)c2)on1. The van der Waals surface area contributed by atoms with Crippen LogP contribution in [-0.2, 0) is 6.42 Å². The molecule has 1 N–H and O–H groups in total. The molecule has 1 aromatic heterocycles. The van der Waals surface area contributed by atoms with Gasteiger partial charge in [0.15, 0.2) is 11.5 Å². The minimum atomic E-state index is -4.30. The van der Waals surface area contributed by atoms with E-state index in [9.17, 15) is 18.0 Å². The lowest BCUT2D eigenvalue weighted by Gasteiger charge is -2.06. The summed E-state index contributed by atoms with van der Waals surface area (Å²) in [5.41, 5.74) is 0.122. The summed E-state index contributed by atoms with van der Waals surface area (Å²) in [5, 5.41) is 12.0. The van der Waals surface area contributed by atoms with Gasteiger partial charge >= 0.3 is 12.1 Å². The maximum atomic E-state index is 12.3. The van der Waals surface area contributed by atoms with Crippen molar-refractivity contribution in [3.63, 3.8) is 0 Å². The number of hydrogen-bond donors (Lipinski definition) is 1. The predicted molar refractivity (Wildman–Crippen MR) is 58.7 cm³/mol. The van der Waals surface area contributed by atoms with Crippen molar-refractivity contribution < 1.29 is 27.6 Å². The molecule has 0 aliphatic heterocycles. The monoisotopic (exact) mass is 271 g/mol. The Balaban J connectivity index is 2.29. The van der Waals surface area contributed by atoms with Crippen molar-refractivity contribution in [3.05, 3.63) is 41.6 Å². The number of carbonyl (C=O) groups is 1. The van der Waals surface area contributed by atoms with Gasteiger partial charge in [0.25, 0.3) is 0 Å². The van der Waals surface area contributed by atoms with Gasteiger partial charge in [-0.2, -0.15) is 13.2 Å². The zero-order valence-corrected chi connectivity index (χ0v) is 9.44. The zero-order chi connectivity index (χ0) is 14.0. The van der Waals surface area contributed by atoms with Crippen molar-refractivity contribution in [3.8, 4) is 11.3 Å². The molecular formula is C12H8F3NO3. The zero-order valence-electron chi connectivity index (χ0n) is 9.44. The van der Waals surface area contributed by atoms with Crippen molar-refractivity contribution in [1.29, 1.82) is 0 Å². The second-order valence-electron chi connectivity index (χ2n) is 3.87. The van der Waals surface area contributed by atoms with E-state index in [1.54, 1.807) is 0 Å². The van der Waals surface area contributed by atoms with Crippen molar-refractivity contribution in [1.82, 2.24) is 5.16 Å². The number of hydrogen-bond acceptors (Lipinski definition) is 3. The van der Waals surface area contributed by atoms with Crippen LogP contribution in [0.2, 0.25) is 0 Å². The van der Waals surface area contributed by atoms with Crippen molar-refractivity contribution in [2.75, 3.05) is 0 Å². The van der Waals surface area contributed by atoms with E-state index in [1.807, 2.05) is 0 Å². The number of carboxylic acid groups (broad SMARTS) is 1. The van der Waals surface area contributed by atoms with Crippen LogP contribution in [0.1, 0.15) is 16.1 Å². The summed E-state index contributed by atoms with van der Waals surface area (Å²) in [6.07, 6.45) is -5.35. The number of benzene rings is 1. The summed E-state index contributed by atoms with van der Waals surface area (Å²) in [6.45, 7) is 0. The van der Waals surface area contributed by atoms with Crippen molar-refractivity contribution in [2.24, 2.45) is 0 Å². The summed E-state index contributed by atoms with van der Waals surface area (Å²) in [6, 6.07) is 6.76. The lowest BCUT2D eigenvalue weighted by atomic mass is 10.1. The first-order valence-corrected chi connectivity index (χ1v) is 5.21. The minimum Gasteiger partial charge on any atom is -0.476 e. The molecule has 2 rings (SSSR count). The molecule has 19 heavy (non-hydrogen) atoms. The van der Waals surface area contributed by atoms with E-state index in [2.05, 4.69) is 5.16 Å². The molecule has 7 heteroatoms. The van der Waals surface area contributed by atoms with Gasteiger partial charge in [0.1, 0.15) is 0 Å². The normalized spacial score (nSPS) is 11.5. The first kappa shape index (κ1) is 13.1. The maximum Gasteiger partial charge on any atom is 0.393 e. The van der Waals surface area contributed by atoms with Gasteiger partial charge in [-0.3, -0.25) is 0 Å². The van der Waals surface area contributed by atoms with Crippen LogP contribution in [0.4, 0.5) is 13.2 Å². The fraction of sp³-hybridized carbons (Fsp3) is 0.167. The van der Waals surface area contributed by atoms with Crippen molar-refractivity contribution in [2.45, 2.75) is 12.6 Å². The highest BCUT2D eigenvalue weighted by Gasteiger charge is 2.27. The highest BCUT2D eigenvalue weighted by atomic mass is 19.4. The lowest BCUT2D eigenvalue weighted by molar-refractivity contribution is -0.127. The Kier molecular flexibility index (Phi) is 3.28. The van der Waals surface area contributed by atoms with E-state index in [-0.39, 0.29) is 17.0 Å². The standard InChI is InChI=1S/C12H8F3NO3/c13-12(14,15)6-7-2-1-3-8(4-7)10-5-9(11(17)18)16-19-10/h1-5H,6H2,(H,17,18). The second-order valence-corrected chi connectivity index (χ2v) is 3.87. The molecule has 0 aliphatic rings. The summed E-state index contributed by atoms with van der Waals surface area (Å²) in [4.78, 5) is 10.6. The van der Waals surface area contributed by atoms with Gasteiger partial charge in [0.2, 0.25) is 0 Å². The molecular weight excluding hydrogens is 263 g/mol. The average molecular weight is 271 g/mol. The van der Waals surface area contributed by atoms with Crippen LogP contribution < -0.4 is 0 Å². The Bertz CT molecular complexity index is 604. The van der Waals surface area contributed by atoms with Crippen LogP contribution in [0.5, 0.6) is 0 Å². The van der Waals surface area contributed by atoms with Crippen LogP contribution in [-0.4, -0.2) is 22.4 Å². The average Bonchev–Trinajstić information content (AvgIpc) is 2.76. The molecule has 0 saturated carbocycles. The highest BCUT2D eigenvalue weighted by Crippen LogP contribution is 2.26. The first-order valence-electron chi connectivity index (χ1n) is 5.21. The largest absolute Gasteiger partial charge is 0.476 e. The van der Waals surface area contributed by atoms with Gasteiger partial charge in [0.05, 0.1) is 6.42 Å². The summed E-state index contributed by atoms with van der Waals surface area (Å²) in [5.74, 6) is -1.15. The molecule has 4 nitrogen and oxygen atoms in total. The Hall–Kier alpha value is -2.31. The molecule has 0 atom stereocenters. The number of nitrogens with zero attached hydrogens (tertiary/aromatic N) is 1. The molecule has 0 bridgehead atoms. The third kappa shape index (κ3) is 3.34. The molecule has 100 valence electrons. The summed E-state index contributed by atoms with van der Waals surface area (Å²) >= 11 is 0. The number of carboxylic acids is 1. The number of aromatic carboxylic acids is 1. The highest BCUT2D eigenvalue weighted by molar-refractivity contribution is 5.86. The number of aromatic nitrogens is 1. The van der Waals surface area contributed by atoms with E-state index >= 15 is 0 Å². The van der Waals surface area contributed by atoms with Gasteiger partial charge in [-0.1, -0.05) is 23.4 Å². The molecule has 0 radical (unpaired) electrons. The van der Waals surface area contributed by atoms with Gasteiger partial charge in [0, 0.05) is 11.6 Å². The van der Waals surface area contributed by atoms with E-state index in [1.165, 1.54) is 24.3 Å². The Labute approximate surface area is 105 Å². The van der Waals surface area contributed by atoms with Crippen LogP contribution in [0.25, 0.3) is 11.3 Å². The quantitative estimate of drug-likeness (QED) is 0.931. The van der Waals surface area contributed by atoms with E-state index in [0.29, 0.717) is 5.56 Å². The third-order valence-electron chi connectivity index (χ3n) is 2.35. The Morgan fingerprint density at radius 1 is 1.32 bits per heavy atom. The van der Waals surface area contributed by atoms with E-state index < -0.39 is 18.6 Å². The molecule has 1 aromatic carbocycles. The summed E-state index contributed by atoms with van der Waals surface area (Å²) in [7, 11) is 0. The third-order valence-corrected chi connectivity index (χ3v) is 2.35. The molecule has 0 amide bonds. The number of alkyl halides is 3. The van der Waals surface area contributed by atoms with Crippen LogP contribution in [0.15, 0.2) is 34.9 Å². The van der Waals surface area contributed by atoms with E-state index in [0.717, 1.165) is 6.07 Å². The van der Waals surface area contributed by atoms with Crippen LogP contribution in [0, 0.1) is 0 Å². The van der Waals surface area contributed by atoms with Crippen LogP contribution >= 0.6 is 0 Å². The lowest BCUT2D eigenvalue weighted by Crippen LogP contribution is -2.11. The summed E-state index contributed by atoms with van der Waals surface area (Å²) < 4.78 is 41.6. The molecule has 0 unspecified atom stereocenters. The van der Waals surface area contributed by atoms with Gasteiger partial charge in [-0.25, -0.2) is 4.79 Å². The van der Waals surface area contributed by atoms with Gasteiger partial charge < -0.3 is 9.63 Å². The molecule has 0 aliphatic carbocycles. The predicted octanol–water partition coefficient (Wildman–Crippen LogP) is 3.14. The molecule has 2 aromatic rings. The second kappa shape index (κ2) is 4.75. The van der Waals surface area contributed by atoms with Crippen LogP contribution in [0.3, 0.4) is 0 Å². The fourth-order valence-electron chi connectivity index (χ4n) is 1.58. The molecule has 0 saturated heterocycles. The van der Waals surface area contributed by atoms with Crippen molar-refractivity contribution >= 4 is 5.97 Å². The molecule has 0 fully saturated rings. The maximum absolute atomic E-state index is 12.3. The minimum absolute atomic E-state index is 0.0678. The molecule has 0 spiro atoms. The van der Waals surface area contributed by atoms with Gasteiger partial charge in [-0.15, -0.1) is 0 Å². The fourth-order valence-corrected chi connectivity index (χ4v) is 1.58. The smallest absolute Gasteiger partial charge is 0.393 e. The first-order chi connectivity index (χ1) is 8.85.